The van der Waals surface area contributed by atoms with Crippen molar-refractivity contribution in [2.45, 2.75) is 285 Å². The predicted molar refractivity (Wildman–Crippen MR) is 300 cm³/mol. The van der Waals surface area contributed by atoms with Gasteiger partial charge in [-0.25, -0.2) is 0 Å². The van der Waals surface area contributed by atoms with Crippen LogP contribution in [0.2, 0.25) is 0 Å². The lowest BCUT2D eigenvalue weighted by atomic mass is 9.96. The van der Waals surface area contributed by atoms with Crippen molar-refractivity contribution in [1.82, 2.24) is 5.32 Å². The van der Waals surface area contributed by atoms with Crippen molar-refractivity contribution in [2.75, 3.05) is 26.4 Å². The zero-order chi connectivity index (χ0) is 57.6. The summed E-state index contributed by atoms with van der Waals surface area (Å²) in [6, 6.07) is -1.00. The molecule has 19 heteroatoms. The van der Waals surface area contributed by atoms with Crippen LogP contribution >= 0.6 is 0 Å². The van der Waals surface area contributed by atoms with Crippen LogP contribution in [-0.2, 0) is 33.2 Å². The Morgan fingerprint density at radius 2 is 0.848 bits per heavy atom. The van der Waals surface area contributed by atoms with E-state index in [0.29, 0.717) is 12.8 Å². The predicted octanol–water partition coefficient (Wildman–Crippen LogP) is 5.26. The highest BCUT2D eigenvalue weighted by molar-refractivity contribution is 5.76. The Kier molecular flexibility index (Phi) is 38.7. The number of carbonyl (C=O) groups is 1. The zero-order valence-electron chi connectivity index (χ0n) is 47.6. The standard InChI is InChI=1S/C60H105NO18/c1-3-5-7-9-11-13-15-17-19-21-22-24-26-28-30-32-34-36-38-48(66)61-43(44(65)37-35-33-31-29-27-25-23-20-18-16-14-12-10-8-6-4-2)42-74-58-54(72)51(69)56(46(40-63)76-58)79-60-55(73)52(70)57(47(41-64)77-60)78-59-53(71)50(68)49(67)45(39-62)75-59/h13,15,18-21,27,29,35,37,43-47,49-60,62-65,67-73H,3-12,14,16-17,22-26,28,30-34,36,38-42H2,1-2H3,(H,61,66)/b15-13-,20-18+,21-19-,29-27+,37-35+. The molecule has 0 aromatic rings. The smallest absolute Gasteiger partial charge is 0.220 e. The van der Waals surface area contributed by atoms with Crippen LogP contribution in [-0.4, -0.2) is 193 Å². The molecule has 3 fully saturated rings. The molecule has 0 aromatic heterocycles. The molecule has 0 saturated carbocycles. The highest BCUT2D eigenvalue weighted by Crippen LogP contribution is 2.33. The molecule has 3 heterocycles. The maximum atomic E-state index is 13.3. The maximum absolute atomic E-state index is 13.3. The minimum atomic E-state index is -1.98. The molecule has 1 amide bonds. The number of hydrogen-bond acceptors (Lipinski definition) is 18. The lowest BCUT2D eigenvalue weighted by Crippen LogP contribution is -2.66. The van der Waals surface area contributed by atoms with E-state index in [0.717, 1.165) is 83.5 Å². The molecule has 12 N–H and O–H groups in total. The molecule has 3 aliphatic heterocycles. The van der Waals surface area contributed by atoms with Gasteiger partial charge in [-0.15, -0.1) is 0 Å². The molecule has 19 nitrogen and oxygen atoms in total. The fourth-order valence-electron chi connectivity index (χ4n) is 9.78. The van der Waals surface area contributed by atoms with Crippen molar-refractivity contribution in [3.8, 4) is 0 Å². The fraction of sp³-hybridized carbons (Fsp3) is 0.817. The first kappa shape index (κ1) is 70.8. The van der Waals surface area contributed by atoms with Crippen molar-refractivity contribution in [1.29, 1.82) is 0 Å². The van der Waals surface area contributed by atoms with Crippen molar-refractivity contribution in [3.05, 3.63) is 60.8 Å². The molecular formula is C60H105NO18. The molecule has 3 saturated heterocycles. The van der Waals surface area contributed by atoms with Crippen LogP contribution in [0.3, 0.4) is 0 Å². The van der Waals surface area contributed by atoms with Crippen molar-refractivity contribution >= 4 is 5.91 Å². The third-order valence-electron chi connectivity index (χ3n) is 14.8. The average molecular weight is 1130 g/mol. The lowest BCUT2D eigenvalue weighted by Gasteiger charge is -2.48. The molecule has 0 bridgehead atoms. The van der Waals surface area contributed by atoms with Crippen molar-refractivity contribution in [3.63, 3.8) is 0 Å². The minimum absolute atomic E-state index is 0.221. The summed E-state index contributed by atoms with van der Waals surface area (Å²) in [5.74, 6) is -0.301. The first-order valence-corrected chi connectivity index (χ1v) is 30.0. The maximum Gasteiger partial charge on any atom is 0.220 e. The van der Waals surface area contributed by atoms with Crippen LogP contribution in [0.4, 0.5) is 0 Å². The SMILES string of the molecule is CCCCCC/C=C\C/C=C\CCCCCCCCCC(=O)NC(COC1OC(CO)C(OC2OC(CO)C(OC3OC(CO)C(O)C(O)C3O)C(O)C2O)C(O)C1O)C(O)/C=C/CC/C=C/CC/C=C/CCCCCCCC. The monoisotopic (exact) mass is 1130 g/mol. The van der Waals surface area contributed by atoms with E-state index in [4.69, 9.17) is 28.4 Å². The fourth-order valence-corrected chi connectivity index (χ4v) is 9.78. The summed E-state index contributed by atoms with van der Waals surface area (Å²) in [6.07, 6.45) is 22.0. The molecule has 458 valence electrons. The van der Waals surface area contributed by atoms with Gasteiger partial charge in [-0.05, 0) is 77.0 Å². The summed E-state index contributed by atoms with van der Waals surface area (Å²) in [7, 11) is 0. The number of unbranched alkanes of at least 4 members (excludes halogenated alkanes) is 19. The van der Waals surface area contributed by atoms with E-state index in [9.17, 15) is 61.0 Å². The number of hydrogen-bond donors (Lipinski definition) is 12. The molecule has 0 aliphatic carbocycles. The van der Waals surface area contributed by atoms with Gasteiger partial charge in [0, 0.05) is 6.42 Å². The highest BCUT2D eigenvalue weighted by atomic mass is 16.8. The second kappa shape index (κ2) is 43.2. The van der Waals surface area contributed by atoms with Crippen LogP contribution < -0.4 is 5.32 Å². The number of rotatable bonds is 43. The van der Waals surface area contributed by atoms with E-state index >= 15 is 0 Å². The number of amides is 1. The molecule has 79 heavy (non-hydrogen) atoms. The Bertz CT molecular complexity index is 1680. The van der Waals surface area contributed by atoms with Crippen molar-refractivity contribution < 1.29 is 89.4 Å². The van der Waals surface area contributed by atoms with Gasteiger partial charge in [0.2, 0.25) is 5.91 Å². The topological polar surface area (TPSA) is 307 Å². The van der Waals surface area contributed by atoms with Gasteiger partial charge in [0.15, 0.2) is 18.9 Å². The van der Waals surface area contributed by atoms with Gasteiger partial charge >= 0.3 is 0 Å². The Hall–Kier alpha value is -2.51. The van der Waals surface area contributed by atoms with E-state index in [-0.39, 0.29) is 18.9 Å². The number of nitrogens with one attached hydrogen (secondary N) is 1. The number of ether oxygens (including phenoxy) is 6. The largest absolute Gasteiger partial charge is 0.394 e. The molecule has 17 atom stereocenters. The molecular weight excluding hydrogens is 1020 g/mol. The second-order valence-electron chi connectivity index (χ2n) is 21.4. The average Bonchev–Trinajstić information content (AvgIpc) is 3.47. The Morgan fingerprint density at radius 3 is 1.35 bits per heavy atom. The van der Waals surface area contributed by atoms with Gasteiger partial charge in [0.25, 0.3) is 0 Å². The Balaban J connectivity index is 1.53. The molecule has 0 spiro atoms. The third kappa shape index (κ3) is 27.2. The second-order valence-corrected chi connectivity index (χ2v) is 21.4. The van der Waals surface area contributed by atoms with E-state index in [1.807, 2.05) is 6.08 Å². The van der Waals surface area contributed by atoms with Gasteiger partial charge < -0.3 is 89.9 Å². The van der Waals surface area contributed by atoms with E-state index in [1.54, 1.807) is 6.08 Å². The summed E-state index contributed by atoms with van der Waals surface area (Å²) in [5.41, 5.74) is 0. The van der Waals surface area contributed by atoms with Gasteiger partial charge in [-0.3, -0.25) is 4.79 Å². The van der Waals surface area contributed by atoms with Gasteiger partial charge in [-0.1, -0.05) is 158 Å². The third-order valence-corrected chi connectivity index (χ3v) is 14.8. The molecule has 3 rings (SSSR count). The van der Waals surface area contributed by atoms with Gasteiger partial charge in [-0.2, -0.15) is 0 Å². The van der Waals surface area contributed by atoms with Crippen LogP contribution in [0.15, 0.2) is 60.8 Å². The summed E-state index contributed by atoms with van der Waals surface area (Å²) in [4.78, 5) is 13.3. The van der Waals surface area contributed by atoms with E-state index < -0.39 is 124 Å². The van der Waals surface area contributed by atoms with Crippen LogP contribution in [0.1, 0.15) is 181 Å². The quantitative estimate of drug-likeness (QED) is 0.0274. The van der Waals surface area contributed by atoms with E-state index in [2.05, 4.69) is 67.8 Å². The van der Waals surface area contributed by atoms with Crippen molar-refractivity contribution in [2.24, 2.45) is 0 Å². The van der Waals surface area contributed by atoms with E-state index in [1.165, 1.54) is 64.2 Å². The van der Waals surface area contributed by atoms with Crippen LogP contribution in [0, 0.1) is 0 Å². The summed E-state index contributed by atoms with van der Waals surface area (Å²) in [6.45, 7) is 1.64. The summed E-state index contributed by atoms with van der Waals surface area (Å²) >= 11 is 0. The number of allylic oxidation sites excluding steroid dienone is 9. The molecule has 17 unspecified atom stereocenters. The van der Waals surface area contributed by atoms with Crippen LogP contribution in [0.25, 0.3) is 0 Å². The minimum Gasteiger partial charge on any atom is -0.394 e. The molecule has 0 aromatic carbocycles. The lowest BCUT2D eigenvalue weighted by molar-refractivity contribution is -0.379. The number of carbonyl (C=O) groups excluding carboxylic acids is 1. The molecule has 3 aliphatic rings. The van der Waals surface area contributed by atoms with Gasteiger partial charge in [0.05, 0.1) is 38.6 Å². The Labute approximate surface area is 471 Å². The normalized spacial score (nSPS) is 30.7. The number of aliphatic hydroxyl groups is 11. The zero-order valence-corrected chi connectivity index (χ0v) is 47.6. The first-order valence-electron chi connectivity index (χ1n) is 30.0. The number of aliphatic hydroxyl groups excluding tert-OH is 11. The summed E-state index contributed by atoms with van der Waals surface area (Å²) < 4.78 is 34.2. The van der Waals surface area contributed by atoms with Gasteiger partial charge in [0.1, 0.15) is 73.2 Å². The Morgan fingerprint density at radius 1 is 0.456 bits per heavy atom. The van der Waals surface area contributed by atoms with Crippen LogP contribution in [0.5, 0.6) is 0 Å². The highest BCUT2D eigenvalue weighted by Gasteiger charge is 2.53. The first-order chi connectivity index (χ1) is 38.3. The summed E-state index contributed by atoms with van der Waals surface area (Å²) in [5, 5.41) is 120. The molecule has 0 radical (unpaired) electrons.